The highest BCUT2D eigenvalue weighted by Gasteiger charge is 2.67. The van der Waals surface area contributed by atoms with Gasteiger partial charge in [-0.05, 0) is 19.8 Å². The van der Waals surface area contributed by atoms with E-state index < -0.39 is 24.2 Å². The number of alkyl halides is 3. The van der Waals surface area contributed by atoms with Crippen molar-refractivity contribution in [3.05, 3.63) is 0 Å². The molecule has 0 spiro atoms. The molecule has 3 aliphatic rings. The van der Waals surface area contributed by atoms with Gasteiger partial charge in [0.05, 0.1) is 5.60 Å². The van der Waals surface area contributed by atoms with Crippen LogP contribution in [-0.2, 0) is 14.3 Å². The third kappa shape index (κ3) is 2.98. The van der Waals surface area contributed by atoms with E-state index in [0.717, 1.165) is 12.8 Å². The number of fused-ring (bicyclic) bond motifs is 1. The summed E-state index contributed by atoms with van der Waals surface area (Å²) in [6, 6.07) is 0. The van der Waals surface area contributed by atoms with Crippen LogP contribution >= 0.6 is 0 Å². The standard InChI is InChI=1S/C8H13NO3.C2HF3O2/c1-7-2-8(3-7,4-9)5(12-7)6(10)11;3-2(4,5)1(6)7/h5H,2-4,9H2,1H3,(H,10,11);(H,6,7). The summed E-state index contributed by atoms with van der Waals surface area (Å²) in [6.45, 7) is 2.36. The number of carboxylic acids is 2. The summed E-state index contributed by atoms with van der Waals surface area (Å²) in [5, 5.41) is 16.0. The van der Waals surface area contributed by atoms with Gasteiger partial charge in [-0.15, -0.1) is 0 Å². The normalized spacial score (nSPS) is 35.9. The maximum absolute atomic E-state index is 10.8. The van der Waals surface area contributed by atoms with Crippen LogP contribution in [-0.4, -0.2) is 46.6 Å². The molecule has 4 N–H and O–H groups in total. The van der Waals surface area contributed by atoms with Gasteiger partial charge in [0.1, 0.15) is 0 Å². The number of aliphatic carboxylic acids is 2. The van der Waals surface area contributed by atoms with E-state index in [2.05, 4.69) is 0 Å². The number of carboxylic acid groups (broad SMARTS) is 2. The number of hydrogen-bond acceptors (Lipinski definition) is 4. The molecule has 2 aliphatic heterocycles. The number of rotatable bonds is 2. The van der Waals surface area contributed by atoms with Gasteiger partial charge in [0.25, 0.3) is 0 Å². The van der Waals surface area contributed by atoms with Crippen LogP contribution in [0.3, 0.4) is 0 Å². The monoisotopic (exact) mass is 285 g/mol. The summed E-state index contributed by atoms with van der Waals surface area (Å²) in [6.07, 6.45) is -4.16. The molecule has 2 saturated heterocycles. The molecule has 0 radical (unpaired) electrons. The van der Waals surface area contributed by atoms with Gasteiger partial charge < -0.3 is 20.7 Å². The smallest absolute Gasteiger partial charge is 0.479 e. The maximum atomic E-state index is 10.8. The van der Waals surface area contributed by atoms with Gasteiger partial charge in [0.15, 0.2) is 6.10 Å². The predicted octanol–water partition coefficient (Wildman–Crippen LogP) is 0.601. The quantitative estimate of drug-likeness (QED) is 0.685. The van der Waals surface area contributed by atoms with Crippen molar-refractivity contribution in [3.63, 3.8) is 0 Å². The first kappa shape index (κ1) is 15.7. The molecule has 1 atom stereocenters. The topological polar surface area (TPSA) is 110 Å². The van der Waals surface area contributed by atoms with Gasteiger partial charge in [0, 0.05) is 12.0 Å². The van der Waals surface area contributed by atoms with Crippen LogP contribution < -0.4 is 5.73 Å². The molecule has 0 aromatic heterocycles. The Balaban J connectivity index is 0.000000224. The second-order valence-corrected chi connectivity index (χ2v) is 5.01. The van der Waals surface area contributed by atoms with E-state index in [4.69, 9.17) is 25.5 Å². The first-order chi connectivity index (χ1) is 8.46. The van der Waals surface area contributed by atoms with Crippen LogP contribution in [0.4, 0.5) is 13.2 Å². The van der Waals surface area contributed by atoms with Crippen molar-refractivity contribution >= 4 is 11.9 Å². The van der Waals surface area contributed by atoms with E-state index in [1.165, 1.54) is 0 Å². The van der Waals surface area contributed by atoms with E-state index in [0.29, 0.717) is 6.54 Å². The minimum atomic E-state index is -5.08. The number of halogens is 3. The molecule has 3 fully saturated rings. The van der Waals surface area contributed by atoms with Crippen molar-refractivity contribution in [2.75, 3.05) is 6.54 Å². The van der Waals surface area contributed by atoms with Crippen molar-refractivity contribution in [2.45, 2.75) is 37.6 Å². The summed E-state index contributed by atoms with van der Waals surface area (Å²) in [4.78, 5) is 19.7. The number of nitrogens with two attached hydrogens (primary N) is 1. The SMILES string of the molecule is CC12CC(CN)(C1)C(C(=O)O)O2.O=C(O)C(F)(F)F. The van der Waals surface area contributed by atoms with Gasteiger partial charge in [-0.2, -0.15) is 13.2 Å². The van der Waals surface area contributed by atoms with Gasteiger partial charge in [-0.3, -0.25) is 0 Å². The summed E-state index contributed by atoms with van der Waals surface area (Å²) in [7, 11) is 0. The number of hydrogen-bond donors (Lipinski definition) is 3. The molecular weight excluding hydrogens is 271 g/mol. The highest BCUT2D eigenvalue weighted by molar-refractivity contribution is 5.75. The molecule has 9 heteroatoms. The molecule has 110 valence electrons. The fourth-order valence-corrected chi connectivity index (χ4v) is 2.68. The summed E-state index contributed by atoms with van der Waals surface area (Å²) < 4.78 is 37.1. The third-order valence-electron chi connectivity index (χ3n) is 3.28. The fourth-order valence-electron chi connectivity index (χ4n) is 2.68. The number of carbonyl (C=O) groups is 2. The molecule has 19 heavy (non-hydrogen) atoms. The molecule has 0 aromatic rings. The van der Waals surface area contributed by atoms with Crippen molar-refractivity contribution in [1.82, 2.24) is 0 Å². The summed E-state index contributed by atoms with van der Waals surface area (Å²) in [5.74, 6) is -3.63. The van der Waals surface area contributed by atoms with Gasteiger partial charge in [-0.1, -0.05) is 0 Å². The van der Waals surface area contributed by atoms with Crippen LogP contribution in [0.5, 0.6) is 0 Å². The predicted molar refractivity (Wildman–Crippen MR) is 55.3 cm³/mol. The van der Waals surface area contributed by atoms with E-state index in [-0.39, 0.29) is 11.0 Å². The Labute approximate surface area is 106 Å². The second-order valence-electron chi connectivity index (χ2n) is 5.01. The third-order valence-corrected chi connectivity index (χ3v) is 3.28. The Morgan fingerprint density at radius 1 is 1.37 bits per heavy atom. The van der Waals surface area contributed by atoms with Gasteiger partial charge in [-0.25, -0.2) is 9.59 Å². The lowest BCUT2D eigenvalue weighted by Gasteiger charge is -2.41. The minimum Gasteiger partial charge on any atom is -0.479 e. The molecule has 6 nitrogen and oxygen atoms in total. The lowest BCUT2D eigenvalue weighted by Crippen LogP contribution is -2.49. The van der Waals surface area contributed by atoms with Crippen molar-refractivity contribution < 1.29 is 37.7 Å². The summed E-state index contributed by atoms with van der Waals surface area (Å²) >= 11 is 0. The second kappa shape index (κ2) is 4.64. The maximum Gasteiger partial charge on any atom is 0.490 e. The first-order valence-electron chi connectivity index (χ1n) is 5.37. The molecule has 2 heterocycles. The minimum absolute atomic E-state index is 0.206. The largest absolute Gasteiger partial charge is 0.490 e. The van der Waals surface area contributed by atoms with E-state index in [1.54, 1.807) is 0 Å². The Bertz CT molecular complexity index is 389. The van der Waals surface area contributed by atoms with Crippen LogP contribution in [0.2, 0.25) is 0 Å². The fraction of sp³-hybridized carbons (Fsp3) is 0.800. The molecule has 3 rings (SSSR count). The zero-order valence-electron chi connectivity index (χ0n) is 10.0. The molecular formula is C10H14F3NO5. The van der Waals surface area contributed by atoms with Crippen molar-refractivity contribution in [1.29, 1.82) is 0 Å². The Morgan fingerprint density at radius 2 is 1.79 bits per heavy atom. The highest BCUT2D eigenvalue weighted by Crippen LogP contribution is 2.60. The lowest BCUT2D eigenvalue weighted by molar-refractivity contribution is -0.192. The molecule has 2 bridgehead atoms. The Hall–Kier alpha value is -1.35. The molecule has 1 unspecified atom stereocenters. The van der Waals surface area contributed by atoms with E-state index in [1.807, 2.05) is 6.92 Å². The van der Waals surface area contributed by atoms with Crippen LogP contribution in [0, 0.1) is 5.41 Å². The zero-order valence-corrected chi connectivity index (χ0v) is 10.0. The van der Waals surface area contributed by atoms with Crippen LogP contribution in [0.25, 0.3) is 0 Å². The highest BCUT2D eigenvalue weighted by atomic mass is 19.4. The van der Waals surface area contributed by atoms with E-state index in [9.17, 15) is 18.0 Å². The Morgan fingerprint density at radius 3 is 2.00 bits per heavy atom. The Kier molecular flexibility index (Phi) is 3.83. The summed E-state index contributed by atoms with van der Waals surface area (Å²) in [5.41, 5.74) is 5.08. The van der Waals surface area contributed by atoms with Gasteiger partial charge in [0.2, 0.25) is 0 Å². The first-order valence-corrected chi connectivity index (χ1v) is 5.37. The van der Waals surface area contributed by atoms with Gasteiger partial charge >= 0.3 is 18.1 Å². The van der Waals surface area contributed by atoms with Crippen LogP contribution in [0.15, 0.2) is 0 Å². The molecule has 0 amide bonds. The van der Waals surface area contributed by atoms with Crippen molar-refractivity contribution in [3.8, 4) is 0 Å². The van der Waals surface area contributed by atoms with E-state index >= 15 is 0 Å². The zero-order chi connectivity index (χ0) is 15.1. The average Bonchev–Trinajstić information content (AvgIpc) is 2.66. The van der Waals surface area contributed by atoms with Crippen LogP contribution in [0.1, 0.15) is 19.8 Å². The average molecular weight is 285 g/mol. The van der Waals surface area contributed by atoms with Crippen molar-refractivity contribution in [2.24, 2.45) is 11.1 Å². The molecule has 1 aliphatic carbocycles. The molecule has 1 saturated carbocycles. The number of ether oxygens (including phenoxy) is 1. The molecule has 0 aromatic carbocycles. The lowest BCUT2D eigenvalue weighted by atomic mass is 9.61.